The Morgan fingerprint density at radius 2 is 2.37 bits per heavy atom. The first-order valence-corrected chi connectivity index (χ1v) is 6.82. The van der Waals surface area contributed by atoms with E-state index in [1.807, 2.05) is 36.1 Å². The van der Waals surface area contributed by atoms with Crippen LogP contribution in [0, 0.1) is 11.3 Å². The second kappa shape index (κ2) is 4.53. The zero-order valence-electron chi connectivity index (χ0n) is 11.8. The number of aromatic nitrogens is 2. The van der Waals surface area contributed by atoms with Gasteiger partial charge in [-0.15, -0.1) is 0 Å². The predicted octanol–water partition coefficient (Wildman–Crippen LogP) is 2.74. The Hall–Kier alpha value is -1.55. The molecule has 2 atom stereocenters. The van der Waals surface area contributed by atoms with E-state index in [9.17, 15) is 0 Å². The quantitative estimate of drug-likeness (QED) is 0.897. The highest BCUT2D eigenvalue weighted by Crippen LogP contribution is 2.51. The summed E-state index contributed by atoms with van der Waals surface area (Å²) in [4.78, 5) is 4.45. The fourth-order valence-electron chi connectivity index (χ4n) is 2.61. The summed E-state index contributed by atoms with van der Waals surface area (Å²) in [5, 5.41) is 3.61. The van der Waals surface area contributed by atoms with Crippen molar-refractivity contribution in [2.24, 2.45) is 18.4 Å². The van der Waals surface area contributed by atoms with Crippen LogP contribution in [0.25, 0.3) is 0 Å². The molecule has 2 unspecified atom stereocenters. The minimum Gasteiger partial charge on any atom is -0.467 e. The van der Waals surface area contributed by atoms with Gasteiger partial charge in [0.1, 0.15) is 17.6 Å². The Kier molecular flexibility index (Phi) is 2.97. The molecular weight excluding hydrogens is 238 g/mol. The fraction of sp³-hybridized carbons (Fsp3) is 0.533. The molecule has 0 aliphatic heterocycles. The number of rotatable bonds is 5. The summed E-state index contributed by atoms with van der Waals surface area (Å²) in [6, 6.07) is 3.96. The van der Waals surface area contributed by atoms with Crippen LogP contribution in [0.5, 0.6) is 0 Å². The van der Waals surface area contributed by atoms with Crippen molar-refractivity contribution in [3.05, 3.63) is 42.4 Å². The zero-order valence-corrected chi connectivity index (χ0v) is 11.8. The van der Waals surface area contributed by atoms with E-state index < -0.39 is 0 Å². The number of hydrogen-bond acceptors (Lipinski definition) is 3. The SMILES string of the molecule is Cn1ccnc1C(NCC1CC1(C)C)c1ccco1. The molecule has 0 spiro atoms. The van der Waals surface area contributed by atoms with Crippen molar-refractivity contribution in [2.75, 3.05) is 6.54 Å². The number of aryl methyl sites for hydroxylation is 1. The lowest BCUT2D eigenvalue weighted by atomic mass is 10.1. The van der Waals surface area contributed by atoms with Crippen LogP contribution in [-0.2, 0) is 7.05 Å². The van der Waals surface area contributed by atoms with Gasteiger partial charge in [0.15, 0.2) is 0 Å². The standard InChI is InChI=1S/C15H21N3O/c1-15(2)9-11(15)10-17-13(12-5-4-8-19-12)14-16-6-7-18(14)3/h4-8,11,13,17H,9-10H2,1-3H3. The highest BCUT2D eigenvalue weighted by atomic mass is 16.3. The molecule has 0 bridgehead atoms. The first-order valence-electron chi connectivity index (χ1n) is 6.82. The van der Waals surface area contributed by atoms with Gasteiger partial charge in [-0.05, 0) is 36.4 Å². The van der Waals surface area contributed by atoms with E-state index in [1.165, 1.54) is 6.42 Å². The monoisotopic (exact) mass is 259 g/mol. The normalized spacial score (nSPS) is 22.4. The van der Waals surface area contributed by atoms with Gasteiger partial charge >= 0.3 is 0 Å². The molecule has 3 rings (SSSR count). The first-order chi connectivity index (χ1) is 9.08. The Balaban J connectivity index is 1.76. The molecule has 1 saturated carbocycles. The fourth-order valence-corrected chi connectivity index (χ4v) is 2.61. The van der Waals surface area contributed by atoms with Crippen LogP contribution in [0.15, 0.2) is 35.2 Å². The van der Waals surface area contributed by atoms with E-state index >= 15 is 0 Å². The third-order valence-corrected chi connectivity index (χ3v) is 4.23. The molecule has 1 N–H and O–H groups in total. The van der Waals surface area contributed by atoms with Gasteiger partial charge in [0, 0.05) is 19.4 Å². The third kappa shape index (κ3) is 2.45. The summed E-state index contributed by atoms with van der Waals surface area (Å²) in [6.45, 7) is 5.65. The maximum atomic E-state index is 5.56. The summed E-state index contributed by atoms with van der Waals surface area (Å²) in [7, 11) is 2.01. The largest absolute Gasteiger partial charge is 0.467 e. The maximum absolute atomic E-state index is 5.56. The van der Waals surface area contributed by atoms with E-state index in [-0.39, 0.29) is 6.04 Å². The average molecular weight is 259 g/mol. The van der Waals surface area contributed by atoms with Crippen LogP contribution in [0.4, 0.5) is 0 Å². The topological polar surface area (TPSA) is 43.0 Å². The van der Waals surface area contributed by atoms with E-state index in [1.54, 1.807) is 6.26 Å². The van der Waals surface area contributed by atoms with Gasteiger partial charge in [-0.25, -0.2) is 4.98 Å². The van der Waals surface area contributed by atoms with Gasteiger partial charge < -0.3 is 14.3 Å². The number of imidazole rings is 1. The van der Waals surface area contributed by atoms with Crippen LogP contribution >= 0.6 is 0 Å². The van der Waals surface area contributed by atoms with Crippen molar-refractivity contribution < 1.29 is 4.42 Å². The van der Waals surface area contributed by atoms with E-state index in [0.717, 1.165) is 24.0 Å². The van der Waals surface area contributed by atoms with Crippen molar-refractivity contribution in [3.8, 4) is 0 Å². The molecule has 4 heteroatoms. The van der Waals surface area contributed by atoms with Gasteiger partial charge in [-0.2, -0.15) is 0 Å². The van der Waals surface area contributed by atoms with Gasteiger partial charge in [-0.3, -0.25) is 0 Å². The summed E-state index contributed by atoms with van der Waals surface area (Å²) in [6.07, 6.45) is 6.81. The van der Waals surface area contributed by atoms with Crippen LogP contribution in [0.2, 0.25) is 0 Å². The number of nitrogens with zero attached hydrogens (tertiary/aromatic N) is 2. The van der Waals surface area contributed by atoms with Gasteiger partial charge in [-0.1, -0.05) is 13.8 Å². The number of hydrogen-bond donors (Lipinski definition) is 1. The molecule has 0 saturated heterocycles. The number of furan rings is 1. The van der Waals surface area contributed by atoms with Gasteiger partial charge in [0.05, 0.1) is 6.26 Å². The molecule has 2 aromatic heterocycles. The van der Waals surface area contributed by atoms with Crippen LogP contribution < -0.4 is 5.32 Å². The molecule has 2 aromatic rings. The molecule has 0 radical (unpaired) electrons. The second-order valence-electron chi connectivity index (χ2n) is 6.14. The molecular formula is C15H21N3O. The molecule has 19 heavy (non-hydrogen) atoms. The molecule has 4 nitrogen and oxygen atoms in total. The zero-order chi connectivity index (χ0) is 13.5. The Morgan fingerprint density at radius 3 is 2.89 bits per heavy atom. The maximum Gasteiger partial charge on any atom is 0.133 e. The molecule has 0 aromatic carbocycles. The van der Waals surface area contributed by atoms with E-state index in [0.29, 0.717) is 5.41 Å². The molecule has 0 amide bonds. The molecule has 102 valence electrons. The van der Waals surface area contributed by atoms with Crippen molar-refractivity contribution in [3.63, 3.8) is 0 Å². The minimum atomic E-state index is 0.0337. The van der Waals surface area contributed by atoms with E-state index in [2.05, 4.69) is 24.1 Å². The average Bonchev–Trinajstić information content (AvgIpc) is 2.83. The van der Waals surface area contributed by atoms with Crippen molar-refractivity contribution in [1.29, 1.82) is 0 Å². The predicted molar refractivity (Wildman–Crippen MR) is 73.6 cm³/mol. The molecule has 1 fully saturated rings. The Morgan fingerprint density at radius 1 is 1.58 bits per heavy atom. The molecule has 1 aliphatic rings. The van der Waals surface area contributed by atoms with Crippen LogP contribution in [-0.4, -0.2) is 16.1 Å². The minimum absolute atomic E-state index is 0.0337. The Labute approximate surface area is 113 Å². The van der Waals surface area contributed by atoms with Crippen LogP contribution in [0.3, 0.4) is 0 Å². The Bertz CT molecular complexity index is 542. The highest BCUT2D eigenvalue weighted by molar-refractivity contribution is 5.16. The summed E-state index contributed by atoms with van der Waals surface area (Å²) in [5.41, 5.74) is 0.488. The molecule has 1 aliphatic carbocycles. The van der Waals surface area contributed by atoms with Gasteiger partial charge in [0.25, 0.3) is 0 Å². The van der Waals surface area contributed by atoms with Crippen molar-refractivity contribution in [1.82, 2.24) is 14.9 Å². The second-order valence-corrected chi connectivity index (χ2v) is 6.14. The van der Waals surface area contributed by atoms with Crippen molar-refractivity contribution >= 4 is 0 Å². The summed E-state index contributed by atoms with van der Waals surface area (Å²) >= 11 is 0. The third-order valence-electron chi connectivity index (χ3n) is 4.23. The first kappa shape index (κ1) is 12.5. The van der Waals surface area contributed by atoms with Gasteiger partial charge in [0.2, 0.25) is 0 Å². The van der Waals surface area contributed by atoms with Crippen LogP contribution in [0.1, 0.15) is 37.9 Å². The number of nitrogens with one attached hydrogen (secondary N) is 1. The lowest BCUT2D eigenvalue weighted by molar-refractivity contribution is 0.412. The highest BCUT2D eigenvalue weighted by Gasteiger charge is 2.45. The summed E-state index contributed by atoms with van der Waals surface area (Å²) in [5.74, 6) is 2.67. The lowest BCUT2D eigenvalue weighted by Gasteiger charge is -2.17. The van der Waals surface area contributed by atoms with Crippen molar-refractivity contribution in [2.45, 2.75) is 26.3 Å². The smallest absolute Gasteiger partial charge is 0.133 e. The molecule has 2 heterocycles. The lowest BCUT2D eigenvalue weighted by Crippen LogP contribution is -2.27. The summed E-state index contributed by atoms with van der Waals surface area (Å²) < 4.78 is 7.60. The van der Waals surface area contributed by atoms with E-state index in [4.69, 9.17) is 4.42 Å².